The lowest BCUT2D eigenvalue weighted by atomic mass is 10.1. The van der Waals surface area contributed by atoms with Crippen molar-refractivity contribution in [3.8, 4) is 0 Å². The molecule has 0 heterocycles. The average Bonchev–Trinajstić information content (AvgIpc) is 3.05. The molecular formula is C13H18N2O. The summed E-state index contributed by atoms with van der Waals surface area (Å²) in [6.07, 6.45) is 2.53. The van der Waals surface area contributed by atoms with Crippen LogP contribution >= 0.6 is 0 Å². The topological polar surface area (TPSA) is 55.1 Å². The van der Waals surface area contributed by atoms with Crippen LogP contribution in [-0.4, -0.2) is 18.5 Å². The summed E-state index contributed by atoms with van der Waals surface area (Å²) in [5.74, 6) is 0.451. The number of primary amides is 1. The third-order valence-corrected chi connectivity index (χ3v) is 3.02. The van der Waals surface area contributed by atoms with Gasteiger partial charge >= 0.3 is 0 Å². The van der Waals surface area contributed by atoms with Crippen molar-refractivity contribution < 1.29 is 4.79 Å². The zero-order valence-electron chi connectivity index (χ0n) is 9.36. The minimum atomic E-state index is -0.211. The van der Waals surface area contributed by atoms with E-state index in [1.165, 1.54) is 12.0 Å². The summed E-state index contributed by atoms with van der Waals surface area (Å²) in [6, 6.07) is 11.2. The highest BCUT2D eigenvalue weighted by Crippen LogP contribution is 2.40. The van der Waals surface area contributed by atoms with Gasteiger partial charge in [-0.3, -0.25) is 4.79 Å². The molecule has 1 aromatic rings. The second kappa shape index (κ2) is 5.12. The Bertz CT molecular complexity index is 350. The van der Waals surface area contributed by atoms with Gasteiger partial charge in [0.25, 0.3) is 0 Å². The molecule has 0 saturated heterocycles. The second-order valence-electron chi connectivity index (χ2n) is 4.38. The Morgan fingerprint density at radius 3 is 2.81 bits per heavy atom. The molecular weight excluding hydrogens is 200 g/mol. The fraction of sp³-hybridized carbons (Fsp3) is 0.462. The molecule has 1 aliphatic carbocycles. The van der Waals surface area contributed by atoms with Gasteiger partial charge in [-0.1, -0.05) is 30.3 Å². The second-order valence-corrected chi connectivity index (χ2v) is 4.38. The smallest absolute Gasteiger partial charge is 0.217 e. The van der Waals surface area contributed by atoms with Gasteiger partial charge in [-0.15, -0.1) is 0 Å². The fourth-order valence-corrected chi connectivity index (χ4v) is 2.04. The summed E-state index contributed by atoms with van der Waals surface area (Å²) in [7, 11) is 0. The van der Waals surface area contributed by atoms with Crippen LogP contribution < -0.4 is 11.1 Å². The first-order chi connectivity index (χ1) is 7.77. The molecule has 0 spiro atoms. The number of carbonyl (C=O) groups is 1. The molecule has 0 radical (unpaired) electrons. The van der Waals surface area contributed by atoms with Crippen LogP contribution in [0.1, 0.15) is 30.7 Å². The molecule has 3 N–H and O–H groups in total. The van der Waals surface area contributed by atoms with E-state index >= 15 is 0 Å². The normalized spacial score (nSPS) is 23.0. The molecule has 3 heteroatoms. The van der Waals surface area contributed by atoms with E-state index < -0.39 is 0 Å². The number of nitrogens with one attached hydrogen (secondary N) is 1. The molecule has 2 rings (SSSR count). The Balaban J connectivity index is 1.66. The van der Waals surface area contributed by atoms with Gasteiger partial charge in [0.05, 0.1) is 0 Å². The lowest BCUT2D eigenvalue weighted by Crippen LogP contribution is -2.21. The van der Waals surface area contributed by atoms with Crippen LogP contribution in [0.2, 0.25) is 0 Å². The number of nitrogens with two attached hydrogens (primary N) is 1. The van der Waals surface area contributed by atoms with Crippen molar-refractivity contribution in [1.29, 1.82) is 0 Å². The standard InChI is InChI=1S/C13H18N2O/c14-13(16)7-4-8-15-12-9-11(12)10-5-2-1-3-6-10/h1-3,5-6,11-12,15H,4,7-9H2,(H2,14,16). The van der Waals surface area contributed by atoms with E-state index in [1.807, 2.05) is 6.07 Å². The van der Waals surface area contributed by atoms with Gasteiger partial charge in [0.1, 0.15) is 0 Å². The lowest BCUT2D eigenvalue weighted by Gasteiger charge is -2.03. The molecule has 1 aliphatic rings. The molecule has 86 valence electrons. The summed E-state index contributed by atoms with van der Waals surface area (Å²) in [6.45, 7) is 0.886. The average molecular weight is 218 g/mol. The highest BCUT2D eigenvalue weighted by atomic mass is 16.1. The highest BCUT2D eigenvalue weighted by molar-refractivity contribution is 5.73. The van der Waals surface area contributed by atoms with Crippen molar-refractivity contribution in [2.24, 2.45) is 5.73 Å². The first-order valence-corrected chi connectivity index (χ1v) is 5.84. The minimum absolute atomic E-state index is 0.211. The molecule has 2 unspecified atom stereocenters. The number of amides is 1. The first-order valence-electron chi connectivity index (χ1n) is 5.84. The summed E-state index contributed by atoms with van der Waals surface area (Å²) < 4.78 is 0. The number of benzene rings is 1. The van der Waals surface area contributed by atoms with Crippen LogP contribution in [0.25, 0.3) is 0 Å². The van der Waals surface area contributed by atoms with Crippen molar-refractivity contribution in [3.63, 3.8) is 0 Å². The maximum Gasteiger partial charge on any atom is 0.217 e. The Labute approximate surface area is 96.0 Å². The lowest BCUT2D eigenvalue weighted by molar-refractivity contribution is -0.118. The van der Waals surface area contributed by atoms with Crippen molar-refractivity contribution in [2.75, 3.05) is 6.54 Å². The van der Waals surface area contributed by atoms with Gasteiger partial charge in [-0.2, -0.15) is 0 Å². The third kappa shape index (κ3) is 3.07. The van der Waals surface area contributed by atoms with Gasteiger partial charge in [-0.05, 0) is 24.9 Å². The van der Waals surface area contributed by atoms with E-state index in [-0.39, 0.29) is 5.91 Å². The number of hydrogen-bond donors (Lipinski definition) is 2. The molecule has 1 aromatic carbocycles. The quantitative estimate of drug-likeness (QED) is 0.709. The Morgan fingerprint density at radius 2 is 2.12 bits per heavy atom. The highest BCUT2D eigenvalue weighted by Gasteiger charge is 2.37. The van der Waals surface area contributed by atoms with Crippen LogP contribution in [0.4, 0.5) is 0 Å². The van der Waals surface area contributed by atoms with E-state index in [4.69, 9.17) is 5.73 Å². The van der Waals surface area contributed by atoms with Crippen molar-refractivity contribution in [3.05, 3.63) is 35.9 Å². The van der Waals surface area contributed by atoms with Crippen LogP contribution in [0.5, 0.6) is 0 Å². The maximum absolute atomic E-state index is 10.5. The molecule has 1 fully saturated rings. The summed E-state index contributed by atoms with van der Waals surface area (Å²) in [4.78, 5) is 10.5. The van der Waals surface area contributed by atoms with Gasteiger partial charge in [0, 0.05) is 18.4 Å². The van der Waals surface area contributed by atoms with Crippen LogP contribution in [0, 0.1) is 0 Å². The van der Waals surface area contributed by atoms with Crippen molar-refractivity contribution in [1.82, 2.24) is 5.32 Å². The molecule has 1 saturated carbocycles. The Hall–Kier alpha value is -1.35. The molecule has 0 aliphatic heterocycles. The number of hydrogen-bond acceptors (Lipinski definition) is 2. The largest absolute Gasteiger partial charge is 0.370 e. The minimum Gasteiger partial charge on any atom is -0.370 e. The molecule has 3 nitrogen and oxygen atoms in total. The van der Waals surface area contributed by atoms with Crippen molar-refractivity contribution >= 4 is 5.91 Å². The summed E-state index contributed by atoms with van der Waals surface area (Å²) in [5.41, 5.74) is 6.49. The van der Waals surface area contributed by atoms with E-state index in [0.717, 1.165) is 13.0 Å². The predicted octanol–water partition coefficient (Wildman–Crippen LogP) is 1.40. The van der Waals surface area contributed by atoms with Gasteiger partial charge in [0.15, 0.2) is 0 Å². The van der Waals surface area contributed by atoms with Gasteiger partial charge < -0.3 is 11.1 Å². The molecule has 0 aromatic heterocycles. The van der Waals surface area contributed by atoms with E-state index in [1.54, 1.807) is 0 Å². The SMILES string of the molecule is NC(=O)CCCNC1CC1c1ccccc1. The predicted molar refractivity (Wildman–Crippen MR) is 64.0 cm³/mol. The first kappa shape index (κ1) is 11.1. The summed E-state index contributed by atoms with van der Waals surface area (Å²) in [5, 5.41) is 3.45. The molecule has 16 heavy (non-hydrogen) atoms. The summed E-state index contributed by atoms with van der Waals surface area (Å²) >= 11 is 0. The zero-order valence-corrected chi connectivity index (χ0v) is 9.36. The zero-order chi connectivity index (χ0) is 11.4. The van der Waals surface area contributed by atoms with E-state index in [0.29, 0.717) is 18.4 Å². The molecule has 0 bridgehead atoms. The van der Waals surface area contributed by atoms with E-state index in [9.17, 15) is 4.79 Å². The Kier molecular flexibility index (Phi) is 3.57. The van der Waals surface area contributed by atoms with Gasteiger partial charge in [0.2, 0.25) is 5.91 Å². The molecule has 2 atom stereocenters. The van der Waals surface area contributed by atoms with Crippen LogP contribution in [0.3, 0.4) is 0 Å². The van der Waals surface area contributed by atoms with Gasteiger partial charge in [-0.25, -0.2) is 0 Å². The number of carbonyl (C=O) groups excluding carboxylic acids is 1. The van der Waals surface area contributed by atoms with Crippen LogP contribution in [-0.2, 0) is 4.79 Å². The monoisotopic (exact) mass is 218 g/mol. The van der Waals surface area contributed by atoms with E-state index in [2.05, 4.69) is 29.6 Å². The Morgan fingerprint density at radius 1 is 1.38 bits per heavy atom. The van der Waals surface area contributed by atoms with Crippen LogP contribution in [0.15, 0.2) is 30.3 Å². The number of rotatable bonds is 6. The third-order valence-electron chi connectivity index (χ3n) is 3.02. The fourth-order valence-electron chi connectivity index (χ4n) is 2.04. The maximum atomic E-state index is 10.5. The molecule has 1 amide bonds. The van der Waals surface area contributed by atoms with Crippen molar-refractivity contribution in [2.45, 2.75) is 31.2 Å².